The zero-order valence-electron chi connectivity index (χ0n) is 10.9. The van der Waals surface area contributed by atoms with Gasteiger partial charge in [-0.1, -0.05) is 32.4 Å². The van der Waals surface area contributed by atoms with Gasteiger partial charge in [0.15, 0.2) is 0 Å². The van der Waals surface area contributed by atoms with Gasteiger partial charge in [0.25, 0.3) is 0 Å². The van der Waals surface area contributed by atoms with E-state index in [1.807, 2.05) is 31.3 Å². The Morgan fingerprint density at radius 2 is 2.18 bits per heavy atom. The van der Waals surface area contributed by atoms with Crippen LogP contribution in [0.2, 0.25) is 0 Å². The molecule has 2 N–H and O–H groups in total. The first-order chi connectivity index (χ1) is 8.15. The van der Waals surface area contributed by atoms with Crippen molar-refractivity contribution in [2.45, 2.75) is 33.2 Å². The molecule has 1 atom stereocenters. The third kappa shape index (κ3) is 5.00. The Kier molecular flexibility index (Phi) is 5.70. The molecule has 3 nitrogen and oxygen atoms in total. The molecule has 0 radical (unpaired) electrons. The molecule has 0 saturated heterocycles. The third-order valence-electron chi connectivity index (χ3n) is 2.82. The van der Waals surface area contributed by atoms with Gasteiger partial charge in [0, 0.05) is 18.7 Å². The monoisotopic (exact) mass is 234 g/mol. The highest BCUT2D eigenvalue weighted by Crippen LogP contribution is 2.13. The van der Waals surface area contributed by atoms with E-state index in [1.165, 1.54) is 5.56 Å². The molecule has 0 fully saturated rings. The fraction of sp³-hybridized carbons (Fsp3) is 0.500. The third-order valence-corrected chi connectivity index (χ3v) is 2.82. The van der Waals surface area contributed by atoms with Crippen molar-refractivity contribution in [3.8, 4) is 0 Å². The van der Waals surface area contributed by atoms with Crippen molar-refractivity contribution in [2.24, 2.45) is 5.92 Å². The zero-order chi connectivity index (χ0) is 12.7. The number of nitrogens with one attached hydrogen (secondary N) is 2. The summed E-state index contributed by atoms with van der Waals surface area (Å²) >= 11 is 0. The van der Waals surface area contributed by atoms with Crippen molar-refractivity contribution >= 4 is 11.6 Å². The molecule has 1 rings (SSSR count). The van der Waals surface area contributed by atoms with E-state index in [4.69, 9.17) is 0 Å². The number of anilines is 1. The molecule has 0 aliphatic rings. The maximum Gasteiger partial charge on any atom is 0.224 e. The van der Waals surface area contributed by atoms with Crippen molar-refractivity contribution in [3.05, 3.63) is 29.8 Å². The van der Waals surface area contributed by atoms with Crippen LogP contribution in [-0.4, -0.2) is 13.0 Å². The maximum atomic E-state index is 11.7. The molecule has 0 spiro atoms. The summed E-state index contributed by atoms with van der Waals surface area (Å²) in [6.07, 6.45) is 1.62. The van der Waals surface area contributed by atoms with Gasteiger partial charge < -0.3 is 10.6 Å². The average molecular weight is 234 g/mol. The predicted octanol–water partition coefficient (Wildman–Crippen LogP) is 2.78. The second-order valence-electron chi connectivity index (χ2n) is 4.50. The Labute approximate surface area is 104 Å². The largest absolute Gasteiger partial charge is 0.326 e. The molecule has 17 heavy (non-hydrogen) atoms. The van der Waals surface area contributed by atoms with Crippen LogP contribution in [0.25, 0.3) is 0 Å². The van der Waals surface area contributed by atoms with Gasteiger partial charge in [-0.15, -0.1) is 0 Å². The van der Waals surface area contributed by atoms with Crippen LogP contribution in [-0.2, 0) is 11.3 Å². The first-order valence-corrected chi connectivity index (χ1v) is 6.19. The molecule has 0 aliphatic carbocycles. The van der Waals surface area contributed by atoms with E-state index in [0.29, 0.717) is 12.3 Å². The van der Waals surface area contributed by atoms with Gasteiger partial charge in [0.2, 0.25) is 5.91 Å². The Balaban J connectivity index is 2.55. The van der Waals surface area contributed by atoms with Crippen molar-refractivity contribution in [2.75, 3.05) is 12.4 Å². The first-order valence-electron chi connectivity index (χ1n) is 6.19. The Bertz CT molecular complexity index is 363. The van der Waals surface area contributed by atoms with Gasteiger partial charge in [0.1, 0.15) is 0 Å². The molecule has 1 aromatic carbocycles. The summed E-state index contributed by atoms with van der Waals surface area (Å²) in [5.41, 5.74) is 2.06. The summed E-state index contributed by atoms with van der Waals surface area (Å²) in [6.45, 7) is 5.01. The van der Waals surface area contributed by atoms with E-state index in [2.05, 4.69) is 24.5 Å². The van der Waals surface area contributed by atoms with Gasteiger partial charge in [-0.3, -0.25) is 4.79 Å². The minimum absolute atomic E-state index is 0.0981. The lowest BCUT2D eigenvalue weighted by atomic mass is 10.0. The van der Waals surface area contributed by atoms with Crippen LogP contribution < -0.4 is 10.6 Å². The van der Waals surface area contributed by atoms with Crippen LogP contribution in [0.15, 0.2) is 24.3 Å². The molecule has 1 aromatic rings. The highest BCUT2D eigenvalue weighted by atomic mass is 16.1. The number of amides is 1. The number of hydrogen-bond acceptors (Lipinski definition) is 2. The molecule has 94 valence electrons. The molecule has 0 aliphatic heterocycles. The summed E-state index contributed by atoms with van der Waals surface area (Å²) in [6, 6.07) is 7.94. The quantitative estimate of drug-likeness (QED) is 0.794. The van der Waals surface area contributed by atoms with E-state index in [9.17, 15) is 4.79 Å². The van der Waals surface area contributed by atoms with Crippen LogP contribution in [0.4, 0.5) is 5.69 Å². The highest BCUT2D eigenvalue weighted by Gasteiger charge is 2.07. The SMILES string of the molecule is CCC(C)CC(=O)Nc1cccc(CNC)c1. The van der Waals surface area contributed by atoms with Gasteiger partial charge in [-0.25, -0.2) is 0 Å². The molecular weight excluding hydrogens is 212 g/mol. The lowest BCUT2D eigenvalue weighted by Gasteiger charge is -2.10. The lowest BCUT2D eigenvalue weighted by molar-refractivity contribution is -0.117. The Morgan fingerprint density at radius 3 is 2.82 bits per heavy atom. The minimum atomic E-state index is 0.0981. The fourth-order valence-electron chi connectivity index (χ4n) is 1.64. The van der Waals surface area contributed by atoms with E-state index < -0.39 is 0 Å². The van der Waals surface area contributed by atoms with Crippen molar-refractivity contribution < 1.29 is 4.79 Å². The summed E-state index contributed by atoms with van der Waals surface area (Å²) in [7, 11) is 1.91. The second-order valence-corrected chi connectivity index (χ2v) is 4.50. The molecule has 0 aromatic heterocycles. The Hall–Kier alpha value is -1.35. The first kappa shape index (κ1) is 13.7. The summed E-state index contributed by atoms with van der Waals surface area (Å²) in [4.78, 5) is 11.7. The molecule has 1 unspecified atom stereocenters. The molecule has 3 heteroatoms. The average Bonchev–Trinajstić information content (AvgIpc) is 2.29. The van der Waals surface area contributed by atoms with E-state index >= 15 is 0 Å². The van der Waals surface area contributed by atoms with Crippen LogP contribution in [0.5, 0.6) is 0 Å². The highest BCUT2D eigenvalue weighted by molar-refractivity contribution is 5.90. The molecule has 0 bridgehead atoms. The second kappa shape index (κ2) is 7.07. The summed E-state index contributed by atoms with van der Waals surface area (Å²) in [5.74, 6) is 0.538. The van der Waals surface area contributed by atoms with Gasteiger partial charge >= 0.3 is 0 Å². The number of carbonyl (C=O) groups excluding carboxylic acids is 1. The van der Waals surface area contributed by atoms with Gasteiger partial charge in [-0.05, 0) is 30.7 Å². The van der Waals surface area contributed by atoms with Crippen molar-refractivity contribution in [1.82, 2.24) is 5.32 Å². The molecule has 1 amide bonds. The number of benzene rings is 1. The minimum Gasteiger partial charge on any atom is -0.326 e. The van der Waals surface area contributed by atoms with Gasteiger partial charge in [-0.2, -0.15) is 0 Å². The Morgan fingerprint density at radius 1 is 1.41 bits per heavy atom. The number of hydrogen-bond donors (Lipinski definition) is 2. The normalized spacial score (nSPS) is 12.2. The standard InChI is InChI=1S/C14H22N2O/c1-4-11(2)8-14(17)16-13-7-5-6-12(9-13)10-15-3/h5-7,9,11,15H,4,8,10H2,1-3H3,(H,16,17). The van der Waals surface area contributed by atoms with Crippen LogP contribution in [0.3, 0.4) is 0 Å². The summed E-state index contributed by atoms with van der Waals surface area (Å²) in [5, 5.41) is 6.03. The maximum absolute atomic E-state index is 11.7. The fourth-order valence-corrected chi connectivity index (χ4v) is 1.64. The van der Waals surface area contributed by atoms with Crippen LogP contribution in [0.1, 0.15) is 32.3 Å². The van der Waals surface area contributed by atoms with E-state index in [1.54, 1.807) is 0 Å². The molecular formula is C14H22N2O. The predicted molar refractivity (Wildman–Crippen MR) is 71.9 cm³/mol. The lowest BCUT2D eigenvalue weighted by Crippen LogP contribution is -2.15. The van der Waals surface area contributed by atoms with Crippen molar-refractivity contribution in [3.63, 3.8) is 0 Å². The van der Waals surface area contributed by atoms with E-state index in [0.717, 1.165) is 18.7 Å². The summed E-state index contributed by atoms with van der Waals surface area (Å²) < 4.78 is 0. The number of carbonyl (C=O) groups is 1. The molecule has 0 saturated carbocycles. The molecule has 0 heterocycles. The van der Waals surface area contributed by atoms with Gasteiger partial charge in [0.05, 0.1) is 0 Å². The zero-order valence-corrected chi connectivity index (χ0v) is 10.9. The van der Waals surface area contributed by atoms with E-state index in [-0.39, 0.29) is 5.91 Å². The van der Waals surface area contributed by atoms with Crippen LogP contribution in [0, 0.1) is 5.92 Å². The van der Waals surface area contributed by atoms with Crippen LogP contribution >= 0.6 is 0 Å². The van der Waals surface area contributed by atoms with Crippen molar-refractivity contribution in [1.29, 1.82) is 0 Å². The number of rotatable bonds is 6. The topological polar surface area (TPSA) is 41.1 Å². The smallest absolute Gasteiger partial charge is 0.224 e.